The Morgan fingerprint density at radius 3 is 2.84 bits per heavy atom. The Morgan fingerprint density at radius 1 is 1.32 bits per heavy atom. The van der Waals surface area contributed by atoms with E-state index in [0.29, 0.717) is 16.1 Å². The molecule has 102 valence electrons. The number of aromatic nitrogens is 2. The van der Waals surface area contributed by atoms with Crippen LogP contribution in [0.25, 0.3) is 11.3 Å². The summed E-state index contributed by atoms with van der Waals surface area (Å²) in [5, 5.41) is 4.74. The van der Waals surface area contributed by atoms with Gasteiger partial charge in [0.25, 0.3) is 0 Å². The van der Waals surface area contributed by atoms with Gasteiger partial charge in [-0.05, 0) is 18.2 Å². The summed E-state index contributed by atoms with van der Waals surface area (Å²) in [5.74, 6) is 0. The molecule has 0 bridgehead atoms. The van der Waals surface area contributed by atoms with Gasteiger partial charge in [0.15, 0.2) is 0 Å². The summed E-state index contributed by atoms with van der Waals surface area (Å²) >= 11 is 12.3. The summed E-state index contributed by atoms with van der Waals surface area (Å²) in [6.07, 6.45) is 3.63. The van der Waals surface area contributed by atoms with E-state index in [2.05, 4.69) is 28.7 Å². The SMILES string of the molecule is CC(C)NCCn1cncc1-c1cc(Cl)ccc1Cl. The second kappa shape index (κ2) is 6.42. The zero-order chi connectivity index (χ0) is 13.8. The van der Waals surface area contributed by atoms with Gasteiger partial charge in [-0.3, -0.25) is 0 Å². The lowest BCUT2D eigenvalue weighted by atomic mass is 10.1. The molecule has 5 heteroatoms. The smallest absolute Gasteiger partial charge is 0.0951 e. The van der Waals surface area contributed by atoms with E-state index < -0.39 is 0 Å². The number of nitrogens with zero attached hydrogens (tertiary/aromatic N) is 2. The number of benzene rings is 1. The third-order valence-electron chi connectivity index (χ3n) is 2.82. The fourth-order valence-electron chi connectivity index (χ4n) is 1.89. The van der Waals surface area contributed by atoms with Crippen LogP contribution in [0.4, 0.5) is 0 Å². The van der Waals surface area contributed by atoms with Gasteiger partial charge in [0.05, 0.1) is 23.2 Å². The van der Waals surface area contributed by atoms with Gasteiger partial charge in [-0.1, -0.05) is 37.0 Å². The van der Waals surface area contributed by atoms with Crippen molar-refractivity contribution in [3.05, 3.63) is 40.8 Å². The monoisotopic (exact) mass is 297 g/mol. The lowest BCUT2D eigenvalue weighted by Crippen LogP contribution is -2.26. The summed E-state index contributed by atoms with van der Waals surface area (Å²) in [7, 11) is 0. The number of hydrogen-bond acceptors (Lipinski definition) is 2. The highest BCUT2D eigenvalue weighted by Crippen LogP contribution is 2.30. The highest BCUT2D eigenvalue weighted by atomic mass is 35.5. The van der Waals surface area contributed by atoms with Crippen molar-refractivity contribution in [3.63, 3.8) is 0 Å². The fourth-order valence-corrected chi connectivity index (χ4v) is 2.28. The largest absolute Gasteiger partial charge is 0.329 e. The van der Waals surface area contributed by atoms with Crippen LogP contribution in [0.1, 0.15) is 13.8 Å². The van der Waals surface area contributed by atoms with Crippen LogP contribution in [0.5, 0.6) is 0 Å². The molecule has 1 aromatic heterocycles. The number of rotatable bonds is 5. The maximum atomic E-state index is 6.23. The minimum atomic E-state index is 0.474. The Balaban J connectivity index is 2.21. The molecule has 2 aromatic rings. The maximum Gasteiger partial charge on any atom is 0.0951 e. The first-order chi connectivity index (χ1) is 9.08. The van der Waals surface area contributed by atoms with Gasteiger partial charge >= 0.3 is 0 Å². The molecule has 19 heavy (non-hydrogen) atoms. The molecule has 0 saturated carbocycles. The van der Waals surface area contributed by atoms with Crippen molar-refractivity contribution in [1.82, 2.24) is 14.9 Å². The third-order valence-corrected chi connectivity index (χ3v) is 3.39. The number of nitrogens with one attached hydrogen (secondary N) is 1. The molecule has 0 saturated heterocycles. The molecule has 0 fully saturated rings. The molecule has 1 N–H and O–H groups in total. The lowest BCUT2D eigenvalue weighted by Gasteiger charge is -2.12. The molecular formula is C14H17Cl2N3. The summed E-state index contributed by atoms with van der Waals surface area (Å²) < 4.78 is 2.08. The van der Waals surface area contributed by atoms with E-state index in [4.69, 9.17) is 23.2 Å². The Hall–Kier alpha value is -1.03. The Kier molecular flexibility index (Phi) is 4.86. The van der Waals surface area contributed by atoms with Crippen LogP contribution in [-0.2, 0) is 6.54 Å². The van der Waals surface area contributed by atoms with Crippen molar-refractivity contribution in [2.45, 2.75) is 26.4 Å². The predicted molar refractivity (Wildman–Crippen MR) is 80.8 cm³/mol. The van der Waals surface area contributed by atoms with E-state index in [9.17, 15) is 0 Å². The van der Waals surface area contributed by atoms with Crippen LogP contribution in [0.3, 0.4) is 0 Å². The maximum absolute atomic E-state index is 6.23. The fraction of sp³-hybridized carbons (Fsp3) is 0.357. The average Bonchev–Trinajstić information content (AvgIpc) is 2.80. The minimum Gasteiger partial charge on any atom is -0.329 e. The van der Waals surface area contributed by atoms with E-state index >= 15 is 0 Å². The van der Waals surface area contributed by atoms with Gasteiger partial charge in [-0.25, -0.2) is 4.98 Å². The van der Waals surface area contributed by atoms with E-state index in [1.165, 1.54) is 0 Å². The number of hydrogen-bond donors (Lipinski definition) is 1. The predicted octanol–water partition coefficient (Wildman–Crippen LogP) is 3.85. The first kappa shape index (κ1) is 14.4. The molecular weight excluding hydrogens is 281 g/mol. The third kappa shape index (κ3) is 3.72. The zero-order valence-corrected chi connectivity index (χ0v) is 12.5. The van der Waals surface area contributed by atoms with Crippen molar-refractivity contribution in [2.24, 2.45) is 0 Å². The Labute approximate surface area is 123 Å². The van der Waals surface area contributed by atoms with Crippen LogP contribution < -0.4 is 5.32 Å². The van der Waals surface area contributed by atoms with Crippen molar-refractivity contribution >= 4 is 23.2 Å². The molecule has 0 aliphatic heterocycles. The van der Waals surface area contributed by atoms with Crippen molar-refractivity contribution < 1.29 is 0 Å². The molecule has 0 aliphatic rings. The van der Waals surface area contributed by atoms with Gasteiger partial charge in [-0.2, -0.15) is 0 Å². The van der Waals surface area contributed by atoms with Gasteiger partial charge in [0.2, 0.25) is 0 Å². The molecule has 0 unspecified atom stereocenters. The molecule has 0 atom stereocenters. The van der Waals surface area contributed by atoms with Crippen LogP contribution >= 0.6 is 23.2 Å². The Bertz CT molecular complexity index is 549. The van der Waals surface area contributed by atoms with Crippen molar-refractivity contribution in [1.29, 1.82) is 0 Å². The molecule has 0 spiro atoms. The summed E-state index contributed by atoms with van der Waals surface area (Å²) in [6, 6.07) is 5.94. The van der Waals surface area contributed by atoms with E-state index in [0.717, 1.165) is 24.3 Å². The molecule has 3 nitrogen and oxygen atoms in total. The van der Waals surface area contributed by atoms with Crippen molar-refractivity contribution in [3.8, 4) is 11.3 Å². The topological polar surface area (TPSA) is 29.9 Å². The normalized spacial score (nSPS) is 11.2. The molecule has 0 aliphatic carbocycles. The molecule has 1 aromatic carbocycles. The first-order valence-electron chi connectivity index (χ1n) is 6.27. The van der Waals surface area contributed by atoms with Crippen molar-refractivity contribution in [2.75, 3.05) is 6.54 Å². The first-order valence-corrected chi connectivity index (χ1v) is 7.02. The van der Waals surface area contributed by atoms with Crippen LogP contribution in [-0.4, -0.2) is 22.1 Å². The second-order valence-electron chi connectivity index (χ2n) is 4.71. The van der Waals surface area contributed by atoms with Gasteiger partial charge in [0.1, 0.15) is 0 Å². The van der Waals surface area contributed by atoms with E-state index in [1.807, 2.05) is 24.7 Å². The van der Waals surface area contributed by atoms with Gasteiger partial charge in [-0.15, -0.1) is 0 Å². The molecule has 2 rings (SSSR count). The molecule has 1 heterocycles. The zero-order valence-electron chi connectivity index (χ0n) is 11.0. The van der Waals surface area contributed by atoms with E-state index in [-0.39, 0.29) is 0 Å². The number of halogens is 2. The summed E-state index contributed by atoms with van der Waals surface area (Å²) in [5.41, 5.74) is 1.90. The summed E-state index contributed by atoms with van der Waals surface area (Å²) in [4.78, 5) is 4.20. The quantitative estimate of drug-likeness (QED) is 0.908. The minimum absolute atomic E-state index is 0.474. The lowest BCUT2D eigenvalue weighted by molar-refractivity contribution is 0.543. The van der Waals surface area contributed by atoms with Crippen LogP contribution in [0, 0.1) is 0 Å². The number of imidazole rings is 1. The highest BCUT2D eigenvalue weighted by molar-refractivity contribution is 6.35. The summed E-state index contributed by atoms with van der Waals surface area (Å²) in [6.45, 7) is 5.99. The molecule has 0 amide bonds. The van der Waals surface area contributed by atoms with Crippen LogP contribution in [0.2, 0.25) is 10.0 Å². The van der Waals surface area contributed by atoms with Gasteiger partial charge < -0.3 is 9.88 Å². The van der Waals surface area contributed by atoms with E-state index in [1.54, 1.807) is 6.07 Å². The average molecular weight is 298 g/mol. The Morgan fingerprint density at radius 2 is 2.11 bits per heavy atom. The van der Waals surface area contributed by atoms with Crippen LogP contribution in [0.15, 0.2) is 30.7 Å². The standard InChI is InChI=1S/C14H17Cl2N3/c1-10(2)18-5-6-19-9-17-8-14(19)12-7-11(15)3-4-13(12)16/h3-4,7-10,18H,5-6H2,1-2H3. The molecule has 0 radical (unpaired) electrons. The second-order valence-corrected chi connectivity index (χ2v) is 5.55. The highest BCUT2D eigenvalue weighted by Gasteiger charge is 2.09. The van der Waals surface area contributed by atoms with Gasteiger partial charge in [0, 0.05) is 29.7 Å².